The average molecular weight is 186 g/mol. The lowest BCUT2D eigenvalue weighted by molar-refractivity contribution is -0.164. The molecule has 0 amide bonds. The summed E-state index contributed by atoms with van der Waals surface area (Å²) in [4.78, 5) is 0. The molecule has 1 heterocycles. The maximum absolute atomic E-state index is 9.67. The first-order valence-corrected chi connectivity index (χ1v) is 4.06. The van der Waals surface area contributed by atoms with Crippen LogP contribution in [-0.2, 0) is 9.47 Å². The lowest BCUT2D eigenvalue weighted by atomic mass is 10.00. The second kappa shape index (κ2) is 3.28. The van der Waals surface area contributed by atoms with E-state index < -0.39 is 24.1 Å². The van der Waals surface area contributed by atoms with E-state index in [2.05, 4.69) is 5.92 Å². The topological polar surface area (TPSA) is 58.9 Å². The van der Waals surface area contributed by atoms with Crippen LogP contribution in [0, 0.1) is 12.3 Å². The fraction of sp³-hybridized carbons (Fsp3) is 0.778. The highest BCUT2D eigenvalue weighted by molar-refractivity contribution is 5.12. The summed E-state index contributed by atoms with van der Waals surface area (Å²) in [5.41, 5.74) is -1.65. The molecule has 0 aliphatic carbocycles. The molecule has 1 saturated heterocycles. The highest BCUT2D eigenvalue weighted by Crippen LogP contribution is 2.28. The zero-order valence-electron chi connectivity index (χ0n) is 7.78. The lowest BCUT2D eigenvalue weighted by Gasteiger charge is -2.26. The fourth-order valence-electron chi connectivity index (χ4n) is 1.16. The van der Waals surface area contributed by atoms with E-state index in [9.17, 15) is 5.11 Å². The van der Waals surface area contributed by atoms with Gasteiger partial charge in [-0.05, 0) is 13.8 Å². The first-order valence-electron chi connectivity index (χ1n) is 4.06. The molecular formula is C9H14O4. The molecule has 4 nitrogen and oxygen atoms in total. The Morgan fingerprint density at radius 3 is 2.62 bits per heavy atom. The van der Waals surface area contributed by atoms with Crippen LogP contribution in [0.5, 0.6) is 0 Å². The summed E-state index contributed by atoms with van der Waals surface area (Å²) in [5.74, 6) is 1.36. The van der Waals surface area contributed by atoms with Crippen LogP contribution in [-0.4, -0.2) is 40.9 Å². The van der Waals surface area contributed by atoms with Gasteiger partial charge in [0.2, 0.25) is 0 Å². The van der Waals surface area contributed by atoms with Gasteiger partial charge in [0.1, 0.15) is 6.10 Å². The van der Waals surface area contributed by atoms with Gasteiger partial charge in [0.05, 0.1) is 13.2 Å². The summed E-state index contributed by atoms with van der Waals surface area (Å²) in [7, 11) is 0. The van der Waals surface area contributed by atoms with Crippen LogP contribution in [0.1, 0.15) is 13.8 Å². The van der Waals surface area contributed by atoms with Crippen molar-refractivity contribution >= 4 is 0 Å². The number of hydrogen-bond donors (Lipinski definition) is 2. The summed E-state index contributed by atoms with van der Waals surface area (Å²) in [6.45, 7) is 3.10. The summed E-state index contributed by atoms with van der Waals surface area (Å²) >= 11 is 0. The number of aliphatic hydroxyl groups is 2. The summed E-state index contributed by atoms with van der Waals surface area (Å²) in [6, 6.07) is 0. The third-order valence-corrected chi connectivity index (χ3v) is 2.03. The smallest absolute Gasteiger partial charge is 0.176 e. The molecule has 1 rings (SSSR count). The van der Waals surface area contributed by atoms with Crippen molar-refractivity contribution in [3.8, 4) is 12.3 Å². The van der Waals surface area contributed by atoms with Gasteiger partial charge in [-0.1, -0.05) is 5.92 Å². The minimum Gasteiger partial charge on any atom is -0.392 e. The van der Waals surface area contributed by atoms with Gasteiger partial charge < -0.3 is 19.7 Å². The van der Waals surface area contributed by atoms with Gasteiger partial charge in [0, 0.05) is 0 Å². The third kappa shape index (κ3) is 2.01. The van der Waals surface area contributed by atoms with Crippen molar-refractivity contribution in [2.45, 2.75) is 31.3 Å². The van der Waals surface area contributed by atoms with Crippen molar-refractivity contribution in [3.05, 3.63) is 0 Å². The van der Waals surface area contributed by atoms with Gasteiger partial charge in [-0.25, -0.2) is 0 Å². The molecule has 2 unspecified atom stereocenters. The average Bonchev–Trinajstić information content (AvgIpc) is 2.45. The van der Waals surface area contributed by atoms with Gasteiger partial charge in [0.15, 0.2) is 11.4 Å². The van der Waals surface area contributed by atoms with Gasteiger partial charge in [-0.2, -0.15) is 0 Å². The molecule has 0 spiro atoms. The Morgan fingerprint density at radius 1 is 1.69 bits per heavy atom. The van der Waals surface area contributed by atoms with Crippen LogP contribution < -0.4 is 0 Å². The van der Waals surface area contributed by atoms with Crippen LogP contribution in [0.2, 0.25) is 0 Å². The Labute approximate surface area is 77.5 Å². The molecule has 1 fully saturated rings. The van der Waals surface area contributed by atoms with Gasteiger partial charge in [0.25, 0.3) is 0 Å². The van der Waals surface area contributed by atoms with Crippen LogP contribution in [0.3, 0.4) is 0 Å². The van der Waals surface area contributed by atoms with Crippen molar-refractivity contribution in [2.24, 2.45) is 0 Å². The maximum Gasteiger partial charge on any atom is 0.176 e. The highest BCUT2D eigenvalue weighted by atomic mass is 16.7. The molecule has 0 radical (unpaired) electrons. The Morgan fingerprint density at radius 2 is 2.31 bits per heavy atom. The van der Waals surface area contributed by atoms with Crippen LogP contribution in [0.25, 0.3) is 0 Å². The molecule has 0 bridgehead atoms. The molecule has 13 heavy (non-hydrogen) atoms. The summed E-state index contributed by atoms with van der Waals surface area (Å²) in [6.07, 6.45) is 4.42. The van der Waals surface area contributed by atoms with E-state index in [4.69, 9.17) is 21.0 Å². The summed E-state index contributed by atoms with van der Waals surface area (Å²) < 4.78 is 10.5. The normalized spacial score (nSPS) is 30.8. The van der Waals surface area contributed by atoms with E-state index in [0.29, 0.717) is 0 Å². The highest BCUT2D eigenvalue weighted by Gasteiger charge is 2.44. The Kier molecular flexibility index (Phi) is 2.64. The largest absolute Gasteiger partial charge is 0.392 e. The molecular weight excluding hydrogens is 172 g/mol. The van der Waals surface area contributed by atoms with Gasteiger partial charge >= 0.3 is 0 Å². The maximum atomic E-state index is 9.67. The number of hydrogen-bond acceptors (Lipinski definition) is 4. The minimum absolute atomic E-state index is 0.189. The van der Waals surface area contributed by atoms with E-state index in [1.54, 1.807) is 13.8 Å². The zero-order valence-corrected chi connectivity index (χ0v) is 7.78. The molecule has 0 aromatic heterocycles. The number of aliphatic hydroxyl groups excluding tert-OH is 1. The van der Waals surface area contributed by atoms with Crippen molar-refractivity contribution in [1.29, 1.82) is 0 Å². The molecule has 4 heteroatoms. The van der Waals surface area contributed by atoms with E-state index >= 15 is 0 Å². The Bertz CT molecular complexity index is 230. The monoisotopic (exact) mass is 186 g/mol. The molecule has 0 saturated carbocycles. The molecule has 1 aliphatic heterocycles. The van der Waals surface area contributed by atoms with Crippen molar-refractivity contribution < 1.29 is 19.7 Å². The van der Waals surface area contributed by atoms with Crippen molar-refractivity contribution in [1.82, 2.24) is 0 Å². The number of terminal acetylenes is 1. The van der Waals surface area contributed by atoms with Crippen molar-refractivity contribution in [2.75, 3.05) is 13.2 Å². The molecule has 74 valence electrons. The second-order valence-electron chi connectivity index (χ2n) is 3.54. The first-order chi connectivity index (χ1) is 5.93. The molecule has 1 aliphatic rings. The van der Waals surface area contributed by atoms with Crippen LogP contribution >= 0.6 is 0 Å². The van der Waals surface area contributed by atoms with E-state index in [1.165, 1.54) is 0 Å². The molecule has 0 aromatic carbocycles. The van der Waals surface area contributed by atoms with Crippen molar-refractivity contribution in [3.63, 3.8) is 0 Å². The van der Waals surface area contributed by atoms with E-state index in [1.807, 2.05) is 0 Å². The van der Waals surface area contributed by atoms with Crippen LogP contribution in [0.4, 0.5) is 0 Å². The fourth-order valence-corrected chi connectivity index (χ4v) is 1.16. The predicted octanol–water partition coefficient (Wildman–Crippen LogP) is -0.506. The summed E-state index contributed by atoms with van der Waals surface area (Å²) in [5, 5.41) is 18.6. The zero-order chi connectivity index (χ0) is 10.1. The first kappa shape index (κ1) is 10.5. The Balaban J connectivity index is 2.71. The van der Waals surface area contributed by atoms with E-state index in [0.717, 1.165) is 0 Å². The van der Waals surface area contributed by atoms with Gasteiger partial charge in [-0.15, -0.1) is 6.42 Å². The number of ether oxygens (including phenoxy) is 2. The quantitative estimate of drug-likeness (QED) is 0.570. The molecule has 0 aromatic rings. The minimum atomic E-state index is -1.65. The molecule has 2 atom stereocenters. The Hall–Kier alpha value is -0.600. The van der Waals surface area contributed by atoms with E-state index in [-0.39, 0.29) is 6.61 Å². The number of rotatable bonds is 2. The molecule has 2 N–H and O–H groups in total. The third-order valence-electron chi connectivity index (χ3n) is 2.03. The predicted molar refractivity (Wildman–Crippen MR) is 45.8 cm³/mol. The lowest BCUT2D eigenvalue weighted by Crippen LogP contribution is -2.46. The second-order valence-corrected chi connectivity index (χ2v) is 3.54. The standard InChI is InChI=1S/C9H14O4/c1-4-9(11,6-10)7-5-12-8(2,3)13-7/h1,7,10-11H,5-6H2,2-3H3. The van der Waals surface area contributed by atoms with Gasteiger partial charge in [-0.3, -0.25) is 0 Å². The van der Waals surface area contributed by atoms with Crippen LogP contribution in [0.15, 0.2) is 0 Å². The SMILES string of the molecule is C#CC(O)(CO)C1COC(C)(C)O1.